The third-order valence-electron chi connectivity index (χ3n) is 5.23. The first kappa shape index (κ1) is 16.7. The molecule has 1 unspecified atom stereocenters. The fraction of sp³-hybridized carbons (Fsp3) is 0.381. The number of carbonyl (C=O) groups excluding carboxylic acids is 1. The Labute approximate surface area is 144 Å². The summed E-state index contributed by atoms with van der Waals surface area (Å²) in [7, 11) is 0. The molecule has 3 heteroatoms. The monoisotopic (exact) mass is 322 g/mol. The molecule has 1 amide bonds. The van der Waals surface area contributed by atoms with E-state index >= 15 is 0 Å². The number of nitrogens with two attached hydrogens (primary N) is 1. The summed E-state index contributed by atoms with van der Waals surface area (Å²) >= 11 is 0. The molecule has 0 bridgehead atoms. The van der Waals surface area contributed by atoms with Crippen molar-refractivity contribution in [3.8, 4) is 0 Å². The summed E-state index contributed by atoms with van der Waals surface area (Å²) in [6.45, 7) is 1.07. The normalized spacial score (nSPS) is 18.2. The lowest BCUT2D eigenvalue weighted by molar-refractivity contribution is -0.122. The minimum Gasteiger partial charge on any atom is -0.369 e. The molecular formula is C21H26N2O. The number of carbonyl (C=O) groups is 1. The summed E-state index contributed by atoms with van der Waals surface area (Å²) in [6, 6.07) is 20.4. The van der Waals surface area contributed by atoms with Gasteiger partial charge < -0.3 is 11.1 Å². The van der Waals surface area contributed by atoms with Gasteiger partial charge in [0.25, 0.3) is 0 Å². The van der Waals surface area contributed by atoms with Crippen LogP contribution in [0.3, 0.4) is 0 Å². The molecule has 126 valence electrons. The largest absolute Gasteiger partial charge is 0.369 e. The summed E-state index contributed by atoms with van der Waals surface area (Å²) in [6.07, 6.45) is 5.37. The Balaban J connectivity index is 1.97. The number of piperidine rings is 1. The molecule has 3 nitrogen and oxygen atoms in total. The number of rotatable bonds is 6. The second-order valence-corrected chi connectivity index (χ2v) is 6.69. The number of amides is 1. The second kappa shape index (κ2) is 7.63. The minimum absolute atomic E-state index is 0.268. The summed E-state index contributed by atoms with van der Waals surface area (Å²) < 4.78 is 0. The van der Waals surface area contributed by atoms with Crippen LogP contribution in [0.5, 0.6) is 0 Å². The average Bonchev–Trinajstić information content (AvgIpc) is 2.65. The molecule has 0 aliphatic carbocycles. The van der Waals surface area contributed by atoms with Crippen LogP contribution < -0.4 is 11.1 Å². The van der Waals surface area contributed by atoms with Crippen LogP contribution in [0.4, 0.5) is 0 Å². The highest BCUT2D eigenvalue weighted by Crippen LogP contribution is 2.37. The van der Waals surface area contributed by atoms with E-state index in [4.69, 9.17) is 5.73 Å². The Morgan fingerprint density at radius 1 is 1.00 bits per heavy atom. The molecule has 3 rings (SSSR count). The second-order valence-electron chi connectivity index (χ2n) is 6.69. The Morgan fingerprint density at radius 3 is 2.04 bits per heavy atom. The first-order chi connectivity index (χ1) is 11.7. The van der Waals surface area contributed by atoms with Gasteiger partial charge in [0, 0.05) is 6.04 Å². The first-order valence-electron chi connectivity index (χ1n) is 8.88. The van der Waals surface area contributed by atoms with Gasteiger partial charge in [-0.2, -0.15) is 0 Å². The molecule has 0 spiro atoms. The van der Waals surface area contributed by atoms with Crippen LogP contribution in [-0.2, 0) is 10.2 Å². The van der Waals surface area contributed by atoms with E-state index in [9.17, 15) is 4.79 Å². The van der Waals surface area contributed by atoms with E-state index in [1.165, 1.54) is 19.3 Å². The highest BCUT2D eigenvalue weighted by atomic mass is 16.1. The molecule has 24 heavy (non-hydrogen) atoms. The average molecular weight is 322 g/mol. The lowest BCUT2D eigenvalue weighted by Crippen LogP contribution is -2.44. The first-order valence-corrected chi connectivity index (χ1v) is 8.88. The fourth-order valence-electron chi connectivity index (χ4n) is 3.87. The van der Waals surface area contributed by atoms with E-state index < -0.39 is 5.41 Å². The molecule has 1 fully saturated rings. The Bertz CT molecular complexity index is 609. The molecule has 1 saturated heterocycles. The smallest absolute Gasteiger partial charge is 0.232 e. The number of hydrogen-bond donors (Lipinski definition) is 2. The van der Waals surface area contributed by atoms with Crippen LogP contribution in [0, 0.1) is 0 Å². The molecule has 0 radical (unpaired) electrons. The van der Waals surface area contributed by atoms with Crippen molar-refractivity contribution in [3.63, 3.8) is 0 Å². The van der Waals surface area contributed by atoms with Crippen molar-refractivity contribution in [3.05, 3.63) is 71.8 Å². The maximum absolute atomic E-state index is 12.7. The third kappa shape index (κ3) is 3.36. The number of hydrogen-bond acceptors (Lipinski definition) is 2. The van der Waals surface area contributed by atoms with Crippen molar-refractivity contribution in [2.24, 2.45) is 5.73 Å². The molecular weight excluding hydrogens is 296 g/mol. The van der Waals surface area contributed by atoms with Crippen molar-refractivity contribution in [1.29, 1.82) is 0 Å². The summed E-state index contributed by atoms with van der Waals surface area (Å²) in [5.74, 6) is -0.268. The molecule has 2 aromatic rings. The summed E-state index contributed by atoms with van der Waals surface area (Å²) in [5.41, 5.74) is 7.20. The highest BCUT2D eigenvalue weighted by molar-refractivity contribution is 5.90. The molecule has 1 heterocycles. The van der Waals surface area contributed by atoms with Crippen LogP contribution in [0.1, 0.15) is 43.2 Å². The lowest BCUT2D eigenvalue weighted by atomic mass is 9.70. The van der Waals surface area contributed by atoms with Gasteiger partial charge in [0.15, 0.2) is 0 Å². The van der Waals surface area contributed by atoms with Gasteiger partial charge in [0.1, 0.15) is 0 Å². The van der Waals surface area contributed by atoms with E-state index in [0.717, 1.165) is 30.5 Å². The van der Waals surface area contributed by atoms with E-state index in [2.05, 4.69) is 5.32 Å². The number of benzene rings is 2. The van der Waals surface area contributed by atoms with Crippen molar-refractivity contribution in [1.82, 2.24) is 5.32 Å². The Morgan fingerprint density at radius 2 is 1.58 bits per heavy atom. The van der Waals surface area contributed by atoms with E-state index in [-0.39, 0.29) is 5.91 Å². The number of nitrogens with one attached hydrogen (secondary N) is 1. The van der Waals surface area contributed by atoms with Crippen LogP contribution in [0.15, 0.2) is 60.7 Å². The van der Waals surface area contributed by atoms with Gasteiger partial charge in [-0.3, -0.25) is 4.79 Å². The maximum atomic E-state index is 12.7. The van der Waals surface area contributed by atoms with Crippen LogP contribution in [0.2, 0.25) is 0 Å². The van der Waals surface area contributed by atoms with Crippen molar-refractivity contribution >= 4 is 5.91 Å². The Kier molecular flexibility index (Phi) is 5.31. The van der Waals surface area contributed by atoms with Gasteiger partial charge in [-0.1, -0.05) is 67.1 Å². The van der Waals surface area contributed by atoms with E-state index in [1.807, 2.05) is 60.7 Å². The van der Waals surface area contributed by atoms with E-state index in [1.54, 1.807) is 0 Å². The molecule has 1 aliphatic heterocycles. The summed E-state index contributed by atoms with van der Waals surface area (Å²) in [5, 5.41) is 3.58. The van der Waals surface area contributed by atoms with Crippen molar-refractivity contribution < 1.29 is 4.79 Å². The van der Waals surface area contributed by atoms with Gasteiger partial charge in [-0.25, -0.2) is 0 Å². The van der Waals surface area contributed by atoms with Crippen molar-refractivity contribution in [2.45, 2.75) is 43.6 Å². The highest BCUT2D eigenvalue weighted by Gasteiger charge is 2.40. The van der Waals surface area contributed by atoms with Gasteiger partial charge >= 0.3 is 0 Å². The van der Waals surface area contributed by atoms with Gasteiger partial charge in [-0.15, -0.1) is 0 Å². The molecule has 0 aromatic heterocycles. The van der Waals surface area contributed by atoms with Gasteiger partial charge in [-0.05, 0) is 43.4 Å². The van der Waals surface area contributed by atoms with Gasteiger partial charge in [0.2, 0.25) is 5.91 Å². The molecule has 1 atom stereocenters. The zero-order valence-corrected chi connectivity index (χ0v) is 14.1. The van der Waals surface area contributed by atoms with Crippen LogP contribution in [-0.4, -0.2) is 18.5 Å². The quantitative estimate of drug-likeness (QED) is 0.856. The fourth-order valence-corrected chi connectivity index (χ4v) is 3.87. The Hall–Kier alpha value is -2.13. The van der Waals surface area contributed by atoms with Crippen LogP contribution >= 0.6 is 0 Å². The topological polar surface area (TPSA) is 55.1 Å². The van der Waals surface area contributed by atoms with E-state index in [0.29, 0.717) is 6.04 Å². The molecule has 3 N–H and O–H groups in total. The predicted octanol–water partition coefficient (Wildman–Crippen LogP) is 3.38. The molecule has 2 aromatic carbocycles. The number of primary amides is 1. The third-order valence-corrected chi connectivity index (χ3v) is 5.23. The SMILES string of the molecule is NC(=O)C(CCC1CCCCN1)(c1ccccc1)c1ccccc1. The standard InChI is InChI=1S/C21H26N2O/c22-20(24)21(17-9-3-1-4-10-17,18-11-5-2-6-12-18)15-14-19-13-7-8-16-23-19/h1-6,9-12,19,23H,7-8,13-16H2,(H2,22,24). The lowest BCUT2D eigenvalue weighted by Gasteiger charge is -2.34. The zero-order chi connectivity index (χ0) is 16.8. The predicted molar refractivity (Wildman–Crippen MR) is 97.7 cm³/mol. The zero-order valence-electron chi connectivity index (χ0n) is 14.1. The molecule has 1 aliphatic rings. The maximum Gasteiger partial charge on any atom is 0.232 e. The molecule has 0 saturated carbocycles. The van der Waals surface area contributed by atoms with Crippen LogP contribution in [0.25, 0.3) is 0 Å². The minimum atomic E-state index is -0.762. The van der Waals surface area contributed by atoms with Gasteiger partial charge in [0.05, 0.1) is 5.41 Å². The van der Waals surface area contributed by atoms with Crippen molar-refractivity contribution in [2.75, 3.05) is 6.54 Å². The summed E-state index contributed by atoms with van der Waals surface area (Å²) in [4.78, 5) is 12.7.